The average Bonchev–Trinajstić information content (AvgIpc) is 3.09. The molecule has 0 fully saturated rings. The van der Waals surface area contributed by atoms with Gasteiger partial charge in [-0.05, 0) is 0 Å². The van der Waals surface area contributed by atoms with Gasteiger partial charge in [-0.3, -0.25) is 9.59 Å². The molecule has 0 spiro atoms. The van der Waals surface area contributed by atoms with Gasteiger partial charge in [0.25, 0.3) is 0 Å². The first-order chi connectivity index (χ1) is 9.65. The van der Waals surface area contributed by atoms with Gasteiger partial charge in [0.2, 0.25) is 16.9 Å². The Kier molecular flexibility index (Phi) is 5.13. The summed E-state index contributed by atoms with van der Waals surface area (Å²) in [6, 6.07) is 0. The highest BCUT2D eigenvalue weighted by molar-refractivity contribution is 7.13. The van der Waals surface area contributed by atoms with Crippen LogP contribution in [-0.2, 0) is 16.1 Å². The molecule has 0 atom stereocenters. The molecule has 0 saturated heterocycles. The van der Waals surface area contributed by atoms with Crippen molar-refractivity contribution in [2.24, 2.45) is 0 Å². The minimum atomic E-state index is -0.238. The minimum absolute atomic E-state index is 0.0902. The largest absolute Gasteiger partial charge is 0.339 e. The van der Waals surface area contributed by atoms with E-state index in [1.54, 1.807) is 18.1 Å². The number of amides is 2. The molecule has 0 bridgehead atoms. The van der Waals surface area contributed by atoms with Gasteiger partial charge in [0, 0.05) is 31.5 Å². The molecule has 2 amide bonds. The molecule has 9 heteroatoms. The van der Waals surface area contributed by atoms with Gasteiger partial charge in [0.1, 0.15) is 10.5 Å². The molecule has 20 heavy (non-hydrogen) atoms. The molecule has 0 unspecified atom stereocenters. The van der Waals surface area contributed by atoms with Crippen LogP contribution < -0.4 is 5.32 Å². The van der Waals surface area contributed by atoms with Gasteiger partial charge in [0.15, 0.2) is 0 Å². The second-order valence-electron chi connectivity index (χ2n) is 3.97. The molecule has 0 aromatic carbocycles. The average molecular weight is 311 g/mol. The van der Waals surface area contributed by atoms with E-state index < -0.39 is 0 Å². The molecule has 2 aromatic heterocycles. The molecule has 2 rings (SSSR count). The highest BCUT2D eigenvalue weighted by Crippen LogP contribution is 2.10. The Morgan fingerprint density at radius 2 is 2.20 bits per heavy atom. The van der Waals surface area contributed by atoms with Crippen LogP contribution in [0.5, 0.6) is 0 Å². The van der Waals surface area contributed by atoms with E-state index in [1.165, 1.54) is 28.2 Å². The van der Waals surface area contributed by atoms with E-state index in [1.807, 2.05) is 5.38 Å². The van der Waals surface area contributed by atoms with Crippen LogP contribution in [0.1, 0.15) is 17.8 Å². The van der Waals surface area contributed by atoms with Crippen molar-refractivity contribution in [3.63, 3.8) is 0 Å². The Balaban J connectivity index is 1.72. The summed E-state index contributed by atoms with van der Waals surface area (Å²) < 4.78 is 0. The summed E-state index contributed by atoms with van der Waals surface area (Å²) in [6.45, 7) is 0.467. The van der Waals surface area contributed by atoms with E-state index in [2.05, 4.69) is 20.5 Å². The fourth-order valence-electron chi connectivity index (χ4n) is 1.44. The van der Waals surface area contributed by atoms with Crippen molar-refractivity contribution >= 4 is 39.6 Å². The van der Waals surface area contributed by atoms with Crippen LogP contribution in [0.2, 0.25) is 0 Å². The summed E-state index contributed by atoms with van der Waals surface area (Å²) in [7, 11) is 1.70. The van der Waals surface area contributed by atoms with Crippen LogP contribution in [0.25, 0.3) is 0 Å². The van der Waals surface area contributed by atoms with Crippen molar-refractivity contribution in [1.82, 2.24) is 20.1 Å². The first-order valence-electron chi connectivity index (χ1n) is 5.83. The van der Waals surface area contributed by atoms with E-state index in [0.717, 1.165) is 5.01 Å². The third-order valence-electron chi connectivity index (χ3n) is 2.45. The van der Waals surface area contributed by atoms with Gasteiger partial charge in [-0.2, -0.15) is 0 Å². The van der Waals surface area contributed by atoms with Gasteiger partial charge in [0.05, 0.1) is 6.54 Å². The Morgan fingerprint density at radius 1 is 1.35 bits per heavy atom. The predicted molar refractivity (Wildman–Crippen MR) is 76.4 cm³/mol. The predicted octanol–water partition coefficient (Wildman–Crippen LogP) is 1.37. The molecule has 2 heterocycles. The Hall–Kier alpha value is -1.87. The monoisotopic (exact) mass is 311 g/mol. The van der Waals surface area contributed by atoms with Gasteiger partial charge < -0.3 is 10.2 Å². The maximum absolute atomic E-state index is 11.9. The second-order valence-corrected chi connectivity index (χ2v) is 5.78. The second kappa shape index (κ2) is 7.06. The fourth-order valence-corrected chi connectivity index (χ4v) is 2.57. The topological polar surface area (TPSA) is 88.1 Å². The van der Waals surface area contributed by atoms with Crippen LogP contribution in [0, 0.1) is 0 Å². The van der Waals surface area contributed by atoms with Crippen molar-refractivity contribution in [1.29, 1.82) is 0 Å². The van der Waals surface area contributed by atoms with Crippen molar-refractivity contribution in [3.05, 3.63) is 22.1 Å². The van der Waals surface area contributed by atoms with Crippen LogP contribution in [0.15, 0.2) is 17.1 Å². The maximum Gasteiger partial charge on any atom is 0.226 e. The van der Waals surface area contributed by atoms with E-state index >= 15 is 0 Å². The molecule has 7 nitrogen and oxygen atoms in total. The molecule has 2 aromatic rings. The SMILES string of the molecule is CN(Cc1nccs1)C(=O)CCC(=O)Nc1nncs1. The molecular formula is C11H13N5O2S2. The Morgan fingerprint density at radius 3 is 2.85 bits per heavy atom. The summed E-state index contributed by atoms with van der Waals surface area (Å²) >= 11 is 2.74. The number of hydrogen-bond acceptors (Lipinski definition) is 7. The summed E-state index contributed by atoms with van der Waals surface area (Å²) in [5.74, 6) is -0.328. The van der Waals surface area contributed by atoms with Gasteiger partial charge in [-0.15, -0.1) is 21.5 Å². The molecule has 0 aliphatic rings. The highest BCUT2D eigenvalue weighted by atomic mass is 32.1. The molecule has 106 valence electrons. The van der Waals surface area contributed by atoms with Crippen LogP contribution in [-0.4, -0.2) is 38.9 Å². The lowest BCUT2D eigenvalue weighted by atomic mass is 10.2. The molecule has 0 radical (unpaired) electrons. The van der Waals surface area contributed by atoms with E-state index in [4.69, 9.17) is 0 Å². The van der Waals surface area contributed by atoms with Crippen LogP contribution >= 0.6 is 22.7 Å². The van der Waals surface area contributed by atoms with Crippen molar-refractivity contribution in [2.45, 2.75) is 19.4 Å². The standard InChI is InChI=1S/C11H13N5O2S2/c1-16(6-9-12-4-5-19-9)10(18)3-2-8(17)14-11-15-13-7-20-11/h4-5,7H,2-3,6H2,1H3,(H,14,15,17). The normalized spacial score (nSPS) is 10.2. The number of rotatable bonds is 6. The third kappa shape index (κ3) is 4.35. The lowest BCUT2D eigenvalue weighted by Gasteiger charge is -2.15. The summed E-state index contributed by atoms with van der Waals surface area (Å²) in [5, 5.41) is 13.1. The van der Waals surface area contributed by atoms with Crippen molar-refractivity contribution in [3.8, 4) is 0 Å². The van der Waals surface area contributed by atoms with E-state index in [-0.39, 0.29) is 24.7 Å². The number of carbonyl (C=O) groups excluding carboxylic acids is 2. The van der Waals surface area contributed by atoms with Gasteiger partial charge in [-0.25, -0.2) is 4.98 Å². The first-order valence-corrected chi connectivity index (χ1v) is 7.59. The first kappa shape index (κ1) is 14.5. The van der Waals surface area contributed by atoms with Gasteiger partial charge >= 0.3 is 0 Å². The van der Waals surface area contributed by atoms with Crippen molar-refractivity contribution in [2.75, 3.05) is 12.4 Å². The van der Waals surface area contributed by atoms with Gasteiger partial charge in [-0.1, -0.05) is 11.3 Å². The molecular weight excluding hydrogens is 298 g/mol. The lowest BCUT2D eigenvalue weighted by Crippen LogP contribution is -2.27. The molecule has 0 saturated carbocycles. The molecule has 1 N–H and O–H groups in total. The third-order valence-corrected chi connectivity index (χ3v) is 3.83. The highest BCUT2D eigenvalue weighted by Gasteiger charge is 2.13. The molecule has 0 aliphatic carbocycles. The zero-order chi connectivity index (χ0) is 14.4. The maximum atomic E-state index is 11.9. The zero-order valence-corrected chi connectivity index (χ0v) is 12.4. The minimum Gasteiger partial charge on any atom is -0.339 e. The Bertz CT molecular complexity index is 555. The number of carbonyl (C=O) groups is 2. The summed E-state index contributed by atoms with van der Waals surface area (Å²) in [4.78, 5) is 29.2. The van der Waals surface area contributed by atoms with Crippen LogP contribution in [0.3, 0.4) is 0 Å². The quantitative estimate of drug-likeness (QED) is 0.870. The summed E-state index contributed by atoms with van der Waals surface area (Å²) in [6.07, 6.45) is 1.99. The number of hydrogen-bond donors (Lipinski definition) is 1. The van der Waals surface area contributed by atoms with E-state index in [9.17, 15) is 9.59 Å². The van der Waals surface area contributed by atoms with Crippen molar-refractivity contribution < 1.29 is 9.59 Å². The number of nitrogens with one attached hydrogen (secondary N) is 1. The Labute approximate surface area is 123 Å². The number of anilines is 1. The number of nitrogens with zero attached hydrogens (tertiary/aromatic N) is 4. The summed E-state index contributed by atoms with van der Waals surface area (Å²) in [5.41, 5.74) is 1.53. The molecule has 0 aliphatic heterocycles. The van der Waals surface area contributed by atoms with E-state index in [0.29, 0.717) is 11.7 Å². The fraction of sp³-hybridized carbons (Fsp3) is 0.364. The lowest BCUT2D eigenvalue weighted by molar-refractivity contribution is -0.132. The zero-order valence-electron chi connectivity index (χ0n) is 10.8. The van der Waals surface area contributed by atoms with Crippen LogP contribution in [0.4, 0.5) is 5.13 Å². The number of thiazole rings is 1. The smallest absolute Gasteiger partial charge is 0.226 e. The number of aromatic nitrogens is 3.